The van der Waals surface area contributed by atoms with Crippen molar-refractivity contribution in [2.24, 2.45) is 5.73 Å². The van der Waals surface area contributed by atoms with Gasteiger partial charge in [-0.3, -0.25) is 0 Å². The Hall–Kier alpha value is -1.06. The number of aromatic hydroxyl groups is 1. The second-order valence-electron chi connectivity index (χ2n) is 3.89. The van der Waals surface area contributed by atoms with E-state index in [0.29, 0.717) is 11.8 Å². The molecular formula is C11H16N2O. The SMILES string of the molecule is N[C@H]1CCN[C@H](c2cccc(O)c2)C1. The van der Waals surface area contributed by atoms with E-state index in [4.69, 9.17) is 5.73 Å². The molecule has 3 nitrogen and oxygen atoms in total. The Kier molecular flexibility index (Phi) is 2.70. The van der Waals surface area contributed by atoms with Gasteiger partial charge in [-0.15, -0.1) is 0 Å². The first-order chi connectivity index (χ1) is 6.75. The van der Waals surface area contributed by atoms with Crippen LogP contribution in [0, 0.1) is 0 Å². The van der Waals surface area contributed by atoms with Gasteiger partial charge < -0.3 is 16.2 Å². The fourth-order valence-corrected chi connectivity index (χ4v) is 1.94. The molecule has 14 heavy (non-hydrogen) atoms. The molecule has 2 rings (SSSR count). The van der Waals surface area contributed by atoms with Gasteiger partial charge in [0, 0.05) is 12.1 Å². The number of hydrogen-bond acceptors (Lipinski definition) is 3. The summed E-state index contributed by atoms with van der Waals surface area (Å²) in [6, 6.07) is 7.96. The molecule has 0 saturated carbocycles. The van der Waals surface area contributed by atoms with Crippen LogP contribution in [-0.4, -0.2) is 17.7 Å². The molecule has 0 spiro atoms. The van der Waals surface area contributed by atoms with Crippen LogP contribution in [0.1, 0.15) is 24.4 Å². The molecule has 0 aromatic heterocycles. The molecule has 0 amide bonds. The molecule has 1 fully saturated rings. The van der Waals surface area contributed by atoms with Gasteiger partial charge in [0.1, 0.15) is 5.75 Å². The van der Waals surface area contributed by atoms with Crippen molar-refractivity contribution in [1.29, 1.82) is 0 Å². The molecular weight excluding hydrogens is 176 g/mol. The first-order valence-electron chi connectivity index (χ1n) is 5.03. The summed E-state index contributed by atoms with van der Waals surface area (Å²) >= 11 is 0. The van der Waals surface area contributed by atoms with E-state index < -0.39 is 0 Å². The molecule has 1 aliphatic heterocycles. The van der Waals surface area contributed by atoms with Gasteiger partial charge in [0.05, 0.1) is 0 Å². The first-order valence-corrected chi connectivity index (χ1v) is 5.03. The van der Waals surface area contributed by atoms with E-state index in [1.165, 1.54) is 0 Å². The van der Waals surface area contributed by atoms with Crippen molar-refractivity contribution in [3.63, 3.8) is 0 Å². The summed E-state index contributed by atoms with van der Waals surface area (Å²) in [5, 5.41) is 12.8. The highest BCUT2D eigenvalue weighted by molar-refractivity contribution is 5.29. The Morgan fingerprint density at radius 1 is 1.43 bits per heavy atom. The molecule has 3 heteroatoms. The van der Waals surface area contributed by atoms with Crippen LogP contribution in [0.25, 0.3) is 0 Å². The molecule has 76 valence electrons. The maximum absolute atomic E-state index is 9.35. The lowest BCUT2D eigenvalue weighted by molar-refractivity contribution is 0.368. The van der Waals surface area contributed by atoms with Gasteiger partial charge in [0.2, 0.25) is 0 Å². The second-order valence-corrected chi connectivity index (χ2v) is 3.89. The van der Waals surface area contributed by atoms with E-state index in [1.54, 1.807) is 12.1 Å². The Bertz CT molecular complexity index is 314. The monoisotopic (exact) mass is 192 g/mol. The summed E-state index contributed by atoms with van der Waals surface area (Å²) in [7, 11) is 0. The molecule has 1 heterocycles. The minimum Gasteiger partial charge on any atom is -0.508 e. The Morgan fingerprint density at radius 3 is 3.00 bits per heavy atom. The number of piperidine rings is 1. The van der Waals surface area contributed by atoms with Crippen LogP contribution >= 0.6 is 0 Å². The van der Waals surface area contributed by atoms with Crippen molar-refractivity contribution in [3.05, 3.63) is 29.8 Å². The van der Waals surface area contributed by atoms with E-state index in [2.05, 4.69) is 5.32 Å². The molecule has 4 N–H and O–H groups in total. The molecule has 1 aromatic rings. The van der Waals surface area contributed by atoms with E-state index >= 15 is 0 Å². The van der Waals surface area contributed by atoms with E-state index in [9.17, 15) is 5.11 Å². The van der Waals surface area contributed by atoms with E-state index in [0.717, 1.165) is 24.9 Å². The van der Waals surface area contributed by atoms with Crippen molar-refractivity contribution in [3.8, 4) is 5.75 Å². The lowest BCUT2D eigenvalue weighted by Crippen LogP contribution is -2.38. The van der Waals surface area contributed by atoms with Gasteiger partial charge in [-0.05, 0) is 37.1 Å². The number of rotatable bonds is 1. The average molecular weight is 192 g/mol. The van der Waals surface area contributed by atoms with Crippen LogP contribution in [-0.2, 0) is 0 Å². The standard InChI is InChI=1S/C11H16N2O/c12-9-4-5-13-11(7-9)8-2-1-3-10(14)6-8/h1-3,6,9,11,13-14H,4-5,7,12H2/t9-,11-/m0/s1. The Labute approximate surface area is 83.9 Å². The van der Waals surface area contributed by atoms with Gasteiger partial charge in [-0.1, -0.05) is 12.1 Å². The number of benzene rings is 1. The highest BCUT2D eigenvalue weighted by atomic mass is 16.3. The second kappa shape index (κ2) is 3.98. The van der Waals surface area contributed by atoms with Gasteiger partial charge in [-0.25, -0.2) is 0 Å². The van der Waals surface area contributed by atoms with Gasteiger partial charge >= 0.3 is 0 Å². The van der Waals surface area contributed by atoms with Crippen LogP contribution in [0.15, 0.2) is 24.3 Å². The summed E-state index contributed by atoms with van der Waals surface area (Å²) in [6.07, 6.45) is 1.98. The van der Waals surface area contributed by atoms with E-state index in [1.807, 2.05) is 12.1 Å². The molecule has 2 atom stereocenters. The fourth-order valence-electron chi connectivity index (χ4n) is 1.94. The topological polar surface area (TPSA) is 58.3 Å². The maximum atomic E-state index is 9.35. The highest BCUT2D eigenvalue weighted by Gasteiger charge is 2.19. The third-order valence-corrected chi connectivity index (χ3v) is 2.72. The van der Waals surface area contributed by atoms with Crippen LogP contribution in [0.4, 0.5) is 0 Å². The van der Waals surface area contributed by atoms with Gasteiger partial charge in [0.15, 0.2) is 0 Å². The van der Waals surface area contributed by atoms with Crippen molar-refractivity contribution in [2.45, 2.75) is 24.9 Å². The number of phenols is 1. The predicted molar refractivity (Wildman–Crippen MR) is 56.1 cm³/mol. The smallest absolute Gasteiger partial charge is 0.115 e. The van der Waals surface area contributed by atoms with Crippen LogP contribution < -0.4 is 11.1 Å². The molecule has 1 aliphatic rings. The normalized spacial score (nSPS) is 27.5. The Balaban J connectivity index is 2.14. The third kappa shape index (κ3) is 2.05. The summed E-state index contributed by atoms with van der Waals surface area (Å²) in [5.41, 5.74) is 7.02. The minimum atomic E-state index is 0.281. The van der Waals surface area contributed by atoms with Crippen molar-refractivity contribution in [1.82, 2.24) is 5.32 Å². The van der Waals surface area contributed by atoms with Crippen molar-refractivity contribution in [2.75, 3.05) is 6.54 Å². The van der Waals surface area contributed by atoms with Crippen molar-refractivity contribution < 1.29 is 5.11 Å². The molecule has 0 unspecified atom stereocenters. The zero-order valence-corrected chi connectivity index (χ0v) is 8.11. The molecule has 1 aromatic carbocycles. The zero-order chi connectivity index (χ0) is 9.97. The average Bonchev–Trinajstić information content (AvgIpc) is 2.18. The molecule has 0 bridgehead atoms. The number of phenolic OH excluding ortho intramolecular Hbond substituents is 1. The lowest BCUT2D eigenvalue weighted by atomic mass is 9.94. The summed E-state index contributed by atoms with van der Waals surface area (Å²) in [5.74, 6) is 0.323. The number of nitrogens with one attached hydrogen (secondary N) is 1. The first kappa shape index (κ1) is 9.49. The zero-order valence-electron chi connectivity index (χ0n) is 8.11. The van der Waals surface area contributed by atoms with Gasteiger partial charge in [0.25, 0.3) is 0 Å². The predicted octanol–water partition coefficient (Wildman–Crippen LogP) is 1.14. The largest absolute Gasteiger partial charge is 0.508 e. The minimum absolute atomic E-state index is 0.281. The maximum Gasteiger partial charge on any atom is 0.115 e. The summed E-state index contributed by atoms with van der Waals surface area (Å²) in [4.78, 5) is 0. The summed E-state index contributed by atoms with van der Waals surface area (Å²) in [6.45, 7) is 0.960. The Morgan fingerprint density at radius 2 is 2.29 bits per heavy atom. The summed E-state index contributed by atoms with van der Waals surface area (Å²) < 4.78 is 0. The van der Waals surface area contributed by atoms with Crippen LogP contribution in [0.2, 0.25) is 0 Å². The lowest BCUT2D eigenvalue weighted by Gasteiger charge is -2.28. The highest BCUT2D eigenvalue weighted by Crippen LogP contribution is 2.24. The van der Waals surface area contributed by atoms with Crippen molar-refractivity contribution >= 4 is 0 Å². The molecule has 0 radical (unpaired) electrons. The molecule has 1 saturated heterocycles. The quantitative estimate of drug-likeness (QED) is 0.625. The van der Waals surface area contributed by atoms with Gasteiger partial charge in [-0.2, -0.15) is 0 Å². The fraction of sp³-hybridized carbons (Fsp3) is 0.455. The van der Waals surface area contributed by atoms with Crippen LogP contribution in [0.5, 0.6) is 5.75 Å². The molecule has 0 aliphatic carbocycles. The van der Waals surface area contributed by atoms with Crippen LogP contribution in [0.3, 0.4) is 0 Å². The number of nitrogens with two attached hydrogens (primary N) is 1. The number of hydrogen-bond donors (Lipinski definition) is 3. The third-order valence-electron chi connectivity index (χ3n) is 2.72. The van der Waals surface area contributed by atoms with E-state index in [-0.39, 0.29) is 6.04 Å².